The number of carboxylic acids is 1. The summed E-state index contributed by atoms with van der Waals surface area (Å²) in [5.41, 5.74) is 0.281. The van der Waals surface area contributed by atoms with Gasteiger partial charge in [0.1, 0.15) is 0 Å². The topological polar surface area (TPSA) is 89.7 Å². The maximum absolute atomic E-state index is 11.0. The fourth-order valence-corrected chi connectivity index (χ4v) is 2.17. The molecule has 114 valence electrons. The number of carboxylic acid groups (broad SMARTS) is 1. The molecule has 0 fully saturated rings. The van der Waals surface area contributed by atoms with Crippen LogP contribution in [0.15, 0.2) is 24.3 Å². The Bertz CT molecular complexity index is 530. The summed E-state index contributed by atoms with van der Waals surface area (Å²) in [5.74, 6) is 1.08. The summed E-state index contributed by atoms with van der Waals surface area (Å²) in [7, 11) is 0. The molecule has 1 N–H and O–H groups in total. The van der Waals surface area contributed by atoms with E-state index >= 15 is 0 Å². The van der Waals surface area contributed by atoms with Crippen molar-refractivity contribution in [3.05, 3.63) is 40.0 Å². The molecule has 6 nitrogen and oxygen atoms in total. The van der Waals surface area contributed by atoms with Crippen LogP contribution in [0, 0.1) is 10.1 Å². The van der Waals surface area contributed by atoms with Crippen LogP contribution in [0.4, 0.5) is 5.69 Å². The molecule has 1 rings (SSSR count). The van der Waals surface area contributed by atoms with Crippen molar-refractivity contribution in [3.8, 4) is 5.75 Å². The highest BCUT2D eigenvalue weighted by Crippen LogP contribution is 2.28. The van der Waals surface area contributed by atoms with Gasteiger partial charge in [-0.2, -0.15) is 11.8 Å². The van der Waals surface area contributed by atoms with Crippen LogP contribution in [0.5, 0.6) is 5.75 Å². The summed E-state index contributed by atoms with van der Waals surface area (Å²) in [6, 6.07) is 4.38. The van der Waals surface area contributed by atoms with Crippen LogP contribution in [-0.2, 0) is 4.79 Å². The van der Waals surface area contributed by atoms with E-state index in [1.54, 1.807) is 17.8 Å². The van der Waals surface area contributed by atoms with Crippen molar-refractivity contribution in [1.29, 1.82) is 0 Å². The first-order valence-electron chi connectivity index (χ1n) is 6.44. The molecule has 0 aliphatic rings. The monoisotopic (exact) mass is 311 g/mol. The predicted octanol–water partition coefficient (Wildman–Crippen LogP) is 3.21. The SMILES string of the molecule is CCSCCCOc1ccc(/C=C/C(=O)O)cc1[N+](=O)[O-]. The first-order chi connectivity index (χ1) is 10.0. The predicted molar refractivity (Wildman–Crippen MR) is 82.9 cm³/mol. The number of nitro benzene ring substituents is 1. The Morgan fingerprint density at radius 1 is 1.52 bits per heavy atom. The van der Waals surface area contributed by atoms with Gasteiger partial charge < -0.3 is 9.84 Å². The number of rotatable bonds is 9. The van der Waals surface area contributed by atoms with Crippen molar-refractivity contribution < 1.29 is 19.6 Å². The zero-order valence-electron chi connectivity index (χ0n) is 11.7. The summed E-state index contributed by atoms with van der Waals surface area (Å²) >= 11 is 1.79. The molecule has 0 aliphatic heterocycles. The molecule has 0 saturated heterocycles. The van der Waals surface area contributed by atoms with E-state index in [0.29, 0.717) is 12.2 Å². The van der Waals surface area contributed by atoms with Crippen molar-refractivity contribution in [2.75, 3.05) is 18.1 Å². The first kappa shape index (κ1) is 17.0. The lowest BCUT2D eigenvalue weighted by molar-refractivity contribution is -0.385. The molecule has 0 amide bonds. The Labute approximate surface area is 127 Å². The smallest absolute Gasteiger partial charge is 0.328 e. The van der Waals surface area contributed by atoms with Crippen LogP contribution in [0.25, 0.3) is 6.08 Å². The summed E-state index contributed by atoms with van der Waals surface area (Å²) < 4.78 is 5.43. The summed E-state index contributed by atoms with van der Waals surface area (Å²) in [4.78, 5) is 20.9. The van der Waals surface area contributed by atoms with E-state index in [2.05, 4.69) is 6.92 Å². The second kappa shape index (κ2) is 9.02. The molecule has 0 bridgehead atoms. The Morgan fingerprint density at radius 3 is 2.90 bits per heavy atom. The van der Waals surface area contributed by atoms with Gasteiger partial charge in [0.05, 0.1) is 11.5 Å². The van der Waals surface area contributed by atoms with E-state index in [1.807, 2.05) is 0 Å². The molecule has 1 aromatic carbocycles. The minimum Gasteiger partial charge on any atom is -0.487 e. The van der Waals surface area contributed by atoms with E-state index in [-0.39, 0.29) is 11.4 Å². The van der Waals surface area contributed by atoms with E-state index < -0.39 is 10.9 Å². The van der Waals surface area contributed by atoms with Gasteiger partial charge in [-0.1, -0.05) is 13.0 Å². The maximum atomic E-state index is 11.0. The minimum absolute atomic E-state index is 0.161. The first-order valence-corrected chi connectivity index (χ1v) is 7.60. The van der Waals surface area contributed by atoms with Crippen molar-refractivity contribution in [2.45, 2.75) is 13.3 Å². The number of aliphatic carboxylic acids is 1. The Balaban J connectivity index is 2.75. The van der Waals surface area contributed by atoms with Crippen LogP contribution >= 0.6 is 11.8 Å². The third-order valence-corrected chi connectivity index (χ3v) is 3.48. The van der Waals surface area contributed by atoms with Gasteiger partial charge in [0, 0.05) is 12.1 Å². The fourth-order valence-electron chi connectivity index (χ4n) is 1.56. The second-order valence-electron chi connectivity index (χ2n) is 4.05. The highest BCUT2D eigenvalue weighted by atomic mass is 32.2. The van der Waals surface area contributed by atoms with Crippen molar-refractivity contribution >= 4 is 29.5 Å². The average Bonchev–Trinajstić information content (AvgIpc) is 2.45. The standard InChI is InChI=1S/C14H17NO5S/c1-2-21-9-3-8-20-13-6-4-11(5-7-14(16)17)10-12(13)15(18)19/h4-7,10H,2-3,8-9H2,1H3,(H,16,17)/b7-5+. The summed E-state index contributed by atoms with van der Waals surface area (Å²) in [5, 5.41) is 19.6. The van der Waals surface area contributed by atoms with Gasteiger partial charge in [-0.3, -0.25) is 10.1 Å². The minimum atomic E-state index is -1.11. The number of nitrogens with zero attached hydrogens (tertiary/aromatic N) is 1. The second-order valence-corrected chi connectivity index (χ2v) is 5.45. The summed E-state index contributed by atoms with van der Waals surface area (Å²) in [6.07, 6.45) is 3.05. The zero-order chi connectivity index (χ0) is 15.7. The molecule has 21 heavy (non-hydrogen) atoms. The van der Waals surface area contributed by atoms with Crippen LogP contribution in [0.1, 0.15) is 18.9 Å². The molecule has 0 heterocycles. The van der Waals surface area contributed by atoms with Crippen LogP contribution in [-0.4, -0.2) is 34.1 Å². The van der Waals surface area contributed by atoms with Gasteiger partial charge in [-0.15, -0.1) is 0 Å². The number of ether oxygens (including phenoxy) is 1. The van der Waals surface area contributed by atoms with E-state index in [9.17, 15) is 14.9 Å². The van der Waals surface area contributed by atoms with Crippen molar-refractivity contribution in [2.24, 2.45) is 0 Å². The lowest BCUT2D eigenvalue weighted by Crippen LogP contribution is -2.02. The van der Waals surface area contributed by atoms with Gasteiger partial charge in [0.15, 0.2) is 5.75 Å². The van der Waals surface area contributed by atoms with Gasteiger partial charge in [-0.05, 0) is 35.6 Å². The lowest BCUT2D eigenvalue weighted by Gasteiger charge is -2.07. The molecular weight excluding hydrogens is 294 g/mol. The van der Waals surface area contributed by atoms with Crippen LogP contribution < -0.4 is 4.74 Å². The van der Waals surface area contributed by atoms with Crippen LogP contribution in [0.3, 0.4) is 0 Å². The molecule has 0 unspecified atom stereocenters. The molecule has 1 aromatic rings. The number of carbonyl (C=O) groups is 1. The Kier molecular flexibility index (Phi) is 7.31. The third kappa shape index (κ3) is 6.31. The quantitative estimate of drug-likeness (QED) is 0.326. The molecule has 0 aromatic heterocycles. The number of benzene rings is 1. The molecule has 7 heteroatoms. The van der Waals surface area contributed by atoms with E-state index in [1.165, 1.54) is 18.2 Å². The number of nitro groups is 1. The van der Waals surface area contributed by atoms with Crippen molar-refractivity contribution in [1.82, 2.24) is 0 Å². The number of thioether (sulfide) groups is 1. The molecule has 0 radical (unpaired) electrons. The number of hydrogen-bond acceptors (Lipinski definition) is 5. The fraction of sp³-hybridized carbons (Fsp3) is 0.357. The lowest BCUT2D eigenvalue weighted by atomic mass is 10.1. The van der Waals surface area contributed by atoms with Gasteiger partial charge in [0.25, 0.3) is 0 Å². The van der Waals surface area contributed by atoms with E-state index in [0.717, 1.165) is 24.0 Å². The zero-order valence-corrected chi connectivity index (χ0v) is 12.5. The Morgan fingerprint density at radius 2 is 2.29 bits per heavy atom. The normalized spacial score (nSPS) is 10.7. The van der Waals surface area contributed by atoms with Crippen molar-refractivity contribution in [3.63, 3.8) is 0 Å². The van der Waals surface area contributed by atoms with Crippen LogP contribution in [0.2, 0.25) is 0 Å². The highest BCUT2D eigenvalue weighted by Gasteiger charge is 2.15. The largest absolute Gasteiger partial charge is 0.487 e. The molecule has 0 saturated carbocycles. The van der Waals surface area contributed by atoms with Gasteiger partial charge in [0.2, 0.25) is 0 Å². The summed E-state index contributed by atoms with van der Waals surface area (Å²) in [6.45, 7) is 2.48. The molecule has 0 atom stereocenters. The molecule has 0 aliphatic carbocycles. The maximum Gasteiger partial charge on any atom is 0.328 e. The molecular formula is C14H17NO5S. The number of hydrogen-bond donors (Lipinski definition) is 1. The molecule has 0 spiro atoms. The Hall–Kier alpha value is -2.02. The third-order valence-electron chi connectivity index (χ3n) is 2.49. The van der Waals surface area contributed by atoms with E-state index in [4.69, 9.17) is 9.84 Å². The average molecular weight is 311 g/mol. The highest BCUT2D eigenvalue weighted by molar-refractivity contribution is 7.99. The van der Waals surface area contributed by atoms with Gasteiger partial charge in [-0.25, -0.2) is 4.79 Å². The van der Waals surface area contributed by atoms with Gasteiger partial charge >= 0.3 is 11.7 Å².